The molecule has 0 saturated heterocycles. The Morgan fingerprint density at radius 1 is 0.967 bits per heavy atom. The molecule has 8 heteroatoms. The number of rotatable bonds is 6. The molecule has 2 heterocycles. The first-order valence-electron chi connectivity index (χ1n) is 9.38. The number of pyridine rings is 1. The van der Waals surface area contributed by atoms with E-state index in [0.717, 1.165) is 28.5 Å². The van der Waals surface area contributed by atoms with E-state index in [4.69, 9.17) is 5.73 Å². The number of carbonyl (C=O) groups excluding carboxylic acids is 1. The number of aryl methyl sites for hydroxylation is 2. The highest BCUT2D eigenvalue weighted by atomic mass is 16.1. The van der Waals surface area contributed by atoms with Gasteiger partial charge < -0.3 is 16.4 Å². The van der Waals surface area contributed by atoms with Gasteiger partial charge in [-0.1, -0.05) is 12.1 Å². The minimum atomic E-state index is -0.481. The van der Waals surface area contributed by atoms with Crippen molar-refractivity contribution in [1.29, 1.82) is 0 Å². The van der Waals surface area contributed by atoms with Crippen molar-refractivity contribution in [2.75, 3.05) is 10.6 Å². The number of nitrogens with one attached hydrogen (secondary N) is 2. The van der Waals surface area contributed by atoms with E-state index in [-0.39, 0.29) is 0 Å². The van der Waals surface area contributed by atoms with Crippen LogP contribution >= 0.6 is 0 Å². The summed E-state index contributed by atoms with van der Waals surface area (Å²) in [5.41, 5.74) is 10.1. The van der Waals surface area contributed by atoms with Gasteiger partial charge in [-0.15, -0.1) is 0 Å². The Kier molecular flexibility index (Phi) is 5.13. The first-order chi connectivity index (χ1) is 14.5. The number of anilines is 4. The number of aromatic nitrogens is 4. The number of benzene rings is 2. The van der Waals surface area contributed by atoms with Crippen molar-refractivity contribution >= 4 is 28.8 Å². The molecule has 0 aliphatic rings. The van der Waals surface area contributed by atoms with E-state index >= 15 is 0 Å². The largest absolute Gasteiger partial charge is 0.366 e. The first kappa shape index (κ1) is 19.1. The van der Waals surface area contributed by atoms with Crippen LogP contribution in [0, 0.1) is 13.8 Å². The number of carbonyl (C=O) groups is 1. The Hall–Kier alpha value is -4.20. The van der Waals surface area contributed by atoms with Crippen LogP contribution in [-0.4, -0.2) is 25.7 Å². The van der Waals surface area contributed by atoms with Gasteiger partial charge in [-0.05, 0) is 55.8 Å². The highest BCUT2D eigenvalue weighted by Crippen LogP contribution is 2.26. The van der Waals surface area contributed by atoms with E-state index < -0.39 is 5.91 Å². The minimum absolute atomic E-state index is 0.433. The molecule has 0 unspecified atom stereocenters. The van der Waals surface area contributed by atoms with Crippen molar-refractivity contribution in [3.8, 4) is 5.69 Å². The maximum Gasteiger partial charge on any atom is 0.250 e. The van der Waals surface area contributed by atoms with E-state index in [1.165, 1.54) is 0 Å². The Labute approximate surface area is 173 Å². The molecule has 4 aromatic rings. The standard InChI is InChI=1S/C22H21N7O/c1-14-12-24-21(11-20(14)27-19-6-4-3-5-18(19)22(23)30)26-16-7-9-17(10-8-16)29-13-25-15(2)28-29/h3-13H,1-2H3,(H2,23,30)(H2,24,26,27). The molecule has 0 bridgehead atoms. The second-order valence-corrected chi connectivity index (χ2v) is 6.83. The Morgan fingerprint density at radius 3 is 2.43 bits per heavy atom. The summed E-state index contributed by atoms with van der Waals surface area (Å²) in [6.07, 6.45) is 3.45. The van der Waals surface area contributed by atoms with Crippen LogP contribution in [0.2, 0.25) is 0 Å². The van der Waals surface area contributed by atoms with Gasteiger partial charge >= 0.3 is 0 Å². The zero-order chi connectivity index (χ0) is 21.1. The SMILES string of the molecule is Cc1ncn(-c2ccc(Nc3cc(Nc4ccccc4C(N)=O)c(C)cn3)cc2)n1. The maximum absolute atomic E-state index is 11.7. The van der Waals surface area contributed by atoms with E-state index in [2.05, 4.69) is 25.7 Å². The first-order valence-corrected chi connectivity index (χ1v) is 9.38. The van der Waals surface area contributed by atoms with Crippen LogP contribution in [0.15, 0.2) is 67.1 Å². The second kappa shape index (κ2) is 8.04. The Balaban J connectivity index is 1.54. The number of hydrogen-bond acceptors (Lipinski definition) is 6. The van der Waals surface area contributed by atoms with Crippen molar-refractivity contribution in [2.24, 2.45) is 5.73 Å². The van der Waals surface area contributed by atoms with Crippen molar-refractivity contribution < 1.29 is 4.79 Å². The second-order valence-electron chi connectivity index (χ2n) is 6.83. The van der Waals surface area contributed by atoms with Gasteiger partial charge in [-0.3, -0.25) is 4.79 Å². The summed E-state index contributed by atoms with van der Waals surface area (Å²) in [4.78, 5) is 20.3. The lowest BCUT2D eigenvalue weighted by molar-refractivity contribution is 0.100. The summed E-state index contributed by atoms with van der Waals surface area (Å²) >= 11 is 0. The van der Waals surface area contributed by atoms with Crippen LogP contribution in [0.3, 0.4) is 0 Å². The van der Waals surface area contributed by atoms with Gasteiger partial charge in [0.15, 0.2) is 0 Å². The molecule has 150 valence electrons. The van der Waals surface area contributed by atoms with Crippen LogP contribution in [-0.2, 0) is 0 Å². The fourth-order valence-corrected chi connectivity index (χ4v) is 2.99. The predicted molar refractivity (Wildman–Crippen MR) is 117 cm³/mol. The van der Waals surface area contributed by atoms with Gasteiger partial charge in [0, 0.05) is 23.6 Å². The number of hydrogen-bond donors (Lipinski definition) is 3. The van der Waals surface area contributed by atoms with Crippen molar-refractivity contribution in [1.82, 2.24) is 19.7 Å². The molecule has 0 aliphatic carbocycles. The number of amides is 1. The van der Waals surface area contributed by atoms with Gasteiger partial charge in [0.2, 0.25) is 0 Å². The molecule has 8 nitrogen and oxygen atoms in total. The molecule has 0 radical (unpaired) electrons. The Morgan fingerprint density at radius 2 is 1.73 bits per heavy atom. The molecule has 4 rings (SSSR count). The van der Waals surface area contributed by atoms with Gasteiger partial charge in [-0.25, -0.2) is 14.6 Å². The van der Waals surface area contributed by atoms with Gasteiger partial charge in [-0.2, -0.15) is 5.10 Å². The molecule has 2 aromatic heterocycles. The lowest BCUT2D eigenvalue weighted by atomic mass is 10.1. The van der Waals surface area contributed by atoms with Crippen LogP contribution in [0.25, 0.3) is 5.69 Å². The third-order valence-electron chi connectivity index (χ3n) is 4.58. The predicted octanol–water partition coefficient (Wildman–Crippen LogP) is 3.87. The zero-order valence-corrected chi connectivity index (χ0v) is 16.6. The summed E-state index contributed by atoms with van der Waals surface area (Å²) in [7, 11) is 0. The number of para-hydroxylation sites is 1. The summed E-state index contributed by atoms with van der Waals surface area (Å²) in [5, 5.41) is 10.9. The highest BCUT2D eigenvalue weighted by molar-refractivity contribution is 5.99. The van der Waals surface area contributed by atoms with Crippen molar-refractivity contribution in [2.45, 2.75) is 13.8 Å². The lowest BCUT2D eigenvalue weighted by Crippen LogP contribution is -2.13. The average Bonchev–Trinajstić information content (AvgIpc) is 3.17. The number of nitrogens with two attached hydrogens (primary N) is 1. The summed E-state index contributed by atoms with van der Waals surface area (Å²) in [5.74, 6) is 0.911. The summed E-state index contributed by atoms with van der Waals surface area (Å²) < 4.78 is 1.72. The molecule has 30 heavy (non-hydrogen) atoms. The molecular formula is C22H21N7O. The fraction of sp³-hybridized carbons (Fsp3) is 0.0909. The fourth-order valence-electron chi connectivity index (χ4n) is 2.99. The normalized spacial score (nSPS) is 10.6. The van der Waals surface area contributed by atoms with Gasteiger partial charge in [0.05, 0.1) is 16.9 Å². The molecule has 4 N–H and O–H groups in total. The van der Waals surface area contributed by atoms with Gasteiger partial charge in [0.25, 0.3) is 5.91 Å². The van der Waals surface area contributed by atoms with E-state index in [1.54, 1.807) is 29.3 Å². The lowest BCUT2D eigenvalue weighted by Gasteiger charge is -2.14. The van der Waals surface area contributed by atoms with Crippen molar-refractivity contribution in [3.05, 3.63) is 84.1 Å². The molecule has 2 aromatic carbocycles. The third kappa shape index (κ3) is 4.12. The third-order valence-corrected chi connectivity index (χ3v) is 4.58. The van der Waals surface area contributed by atoms with E-state index in [0.29, 0.717) is 17.1 Å². The van der Waals surface area contributed by atoms with E-state index in [1.807, 2.05) is 56.3 Å². The number of nitrogens with zero attached hydrogens (tertiary/aromatic N) is 4. The molecule has 0 fully saturated rings. The minimum Gasteiger partial charge on any atom is -0.366 e. The number of primary amides is 1. The van der Waals surface area contributed by atoms with Crippen molar-refractivity contribution in [3.63, 3.8) is 0 Å². The summed E-state index contributed by atoms with van der Waals surface area (Å²) in [6.45, 7) is 3.80. The average molecular weight is 399 g/mol. The smallest absolute Gasteiger partial charge is 0.250 e. The molecule has 0 aliphatic heterocycles. The Bertz CT molecular complexity index is 1200. The zero-order valence-electron chi connectivity index (χ0n) is 16.6. The van der Waals surface area contributed by atoms with Gasteiger partial charge in [0.1, 0.15) is 18.0 Å². The molecular weight excluding hydrogens is 378 g/mol. The highest BCUT2D eigenvalue weighted by Gasteiger charge is 2.10. The molecule has 0 spiro atoms. The van der Waals surface area contributed by atoms with Crippen LogP contribution in [0.4, 0.5) is 22.9 Å². The quantitative estimate of drug-likeness (QED) is 0.454. The molecule has 0 saturated carbocycles. The van der Waals surface area contributed by atoms with E-state index in [9.17, 15) is 4.79 Å². The molecule has 1 amide bonds. The topological polar surface area (TPSA) is 111 Å². The molecule has 0 atom stereocenters. The summed E-state index contributed by atoms with van der Waals surface area (Å²) in [6, 6.07) is 16.8. The van der Waals surface area contributed by atoms with Crippen LogP contribution in [0.1, 0.15) is 21.7 Å². The van der Waals surface area contributed by atoms with Crippen LogP contribution in [0.5, 0.6) is 0 Å². The maximum atomic E-state index is 11.7. The monoisotopic (exact) mass is 399 g/mol. The van der Waals surface area contributed by atoms with Crippen LogP contribution < -0.4 is 16.4 Å².